The first-order valence-electron chi connectivity index (χ1n) is 4.96. The predicted molar refractivity (Wildman–Crippen MR) is 64.5 cm³/mol. The zero-order chi connectivity index (χ0) is 11.4. The predicted octanol–water partition coefficient (Wildman–Crippen LogP) is 3.72. The third kappa shape index (κ3) is 3.67. The van der Waals surface area contributed by atoms with Crippen molar-refractivity contribution in [3.8, 4) is 0 Å². The molecule has 1 N–H and O–H groups in total. The van der Waals surface area contributed by atoms with E-state index in [0.717, 1.165) is 5.56 Å². The Kier molecular flexibility index (Phi) is 4.33. The average molecular weight is 271 g/mol. The molecule has 1 unspecified atom stereocenters. The summed E-state index contributed by atoms with van der Waals surface area (Å²) in [5, 5.41) is 8.69. The van der Waals surface area contributed by atoms with Gasteiger partial charge in [-0.3, -0.25) is 4.79 Å². The molecule has 0 saturated heterocycles. The number of halogens is 1. The van der Waals surface area contributed by atoms with Gasteiger partial charge in [-0.2, -0.15) is 0 Å². The van der Waals surface area contributed by atoms with Crippen molar-refractivity contribution < 1.29 is 9.90 Å². The largest absolute Gasteiger partial charge is 0.481 e. The fourth-order valence-corrected chi connectivity index (χ4v) is 1.95. The van der Waals surface area contributed by atoms with Gasteiger partial charge in [0.05, 0.1) is 6.42 Å². The highest BCUT2D eigenvalue weighted by Crippen LogP contribution is 2.28. The molecule has 0 aliphatic rings. The molecule has 0 radical (unpaired) electrons. The molecule has 0 bridgehead atoms. The first-order chi connectivity index (χ1) is 7.00. The highest BCUT2D eigenvalue weighted by Gasteiger charge is 2.12. The van der Waals surface area contributed by atoms with E-state index in [4.69, 9.17) is 5.11 Å². The van der Waals surface area contributed by atoms with Gasteiger partial charge in [0.25, 0.3) is 0 Å². The molecule has 1 atom stereocenters. The van der Waals surface area contributed by atoms with Crippen molar-refractivity contribution in [2.75, 3.05) is 0 Å². The summed E-state index contributed by atoms with van der Waals surface area (Å²) >= 11 is 3.39. The topological polar surface area (TPSA) is 37.3 Å². The fraction of sp³-hybridized carbons (Fsp3) is 0.417. The van der Waals surface area contributed by atoms with Crippen molar-refractivity contribution in [1.82, 2.24) is 0 Å². The average Bonchev–Trinajstić information content (AvgIpc) is 2.17. The lowest BCUT2D eigenvalue weighted by Crippen LogP contribution is -2.01. The van der Waals surface area contributed by atoms with E-state index in [1.165, 1.54) is 5.56 Å². The molecule has 0 heterocycles. The second kappa shape index (κ2) is 5.31. The second-order valence-electron chi connectivity index (χ2n) is 3.89. The third-order valence-corrected chi connectivity index (χ3v) is 3.15. The second-order valence-corrected chi connectivity index (χ2v) is 5.00. The summed E-state index contributed by atoms with van der Waals surface area (Å²) in [6.45, 7) is 4.25. The molecule has 0 aromatic heterocycles. The molecular weight excluding hydrogens is 256 g/mol. The number of carboxylic acid groups (broad SMARTS) is 1. The van der Waals surface area contributed by atoms with Crippen LogP contribution in [0.1, 0.15) is 42.1 Å². The van der Waals surface area contributed by atoms with Crippen molar-refractivity contribution >= 4 is 21.9 Å². The van der Waals surface area contributed by atoms with Crippen LogP contribution < -0.4 is 0 Å². The van der Waals surface area contributed by atoms with Crippen LogP contribution >= 0.6 is 15.9 Å². The Balaban J connectivity index is 2.85. The van der Waals surface area contributed by atoms with E-state index in [0.29, 0.717) is 5.92 Å². The molecule has 0 aliphatic carbocycles. The van der Waals surface area contributed by atoms with Crippen LogP contribution in [0.5, 0.6) is 0 Å². The summed E-state index contributed by atoms with van der Waals surface area (Å²) in [6, 6.07) is 8.05. The lowest BCUT2D eigenvalue weighted by atomic mass is 9.99. The summed E-state index contributed by atoms with van der Waals surface area (Å²) in [4.78, 5) is 10.5. The summed E-state index contributed by atoms with van der Waals surface area (Å²) in [6.07, 6.45) is 0.113. The van der Waals surface area contributed by atoms with Crippen molar-refractivity contribution in [2.24, 2.45) is 0 Å². The SMILES string of the molecule is CC(C)c1cccc(C(Br)CC(=O)O)c1. The number of aliphatic carboxylic acids is 1. The zero-order valence-electron chi connectivity index (χ0n) is 8.90. The molecule has 0 spiro atoms. The van der Waals surface area contributed by atoms with Crippen molar-refractivity contribution in [3.63, 3.8) is 0 Å². The Morgan fingerprint density at radius 1 is 1.40 bits per heavy atom. The standard InChI is InChI=1S/C12H15BrO2/c1-8(2)9-4-3-5-10(6-9)11(13)7-12(14)15/h3-6,8,11H,7H2,1-2H3,(H,14,15). The van der Waals surface area contributed by atoms with Crippen molar-refractivity contribution in [2.45, 2.75) is 31.0 Å². The molecule has 1 aromatic carbocycles. The Morgan fingerprint density at radius 2 is 2.00 bits per heavy atom. The van der Waals surface area contributed by atoms with Crippen LogP contribution in [0.4, 0.5) is 0 Å². The van der Waals surface area contributed by atoms with Gasteiger partial charge in [-0.05, 0) is 17.0 Å². The minimum Gasteiger partial charge on any atom is -0.481 e. The Hall–Kier alpha value is -0.830. The Bertz CT molecular complexity index is 347. The minimum absolute atomic E-state index is 0.103. The fourth-order valence-electron chi connectivity index (χ4n) is 1.38. The van der Waals surface area contributed by atoms with Gasteiger partial charge >= 0.3 is 5.97 Å². The van der Waals surface area contributed by atoms with Gasteiger partial charge in [0.1, 0.15) is 0 Å². The van der Waals surface area contributed by atoms with E-state index in [-0.39, 0.29) is 11.2 Å². The van der Waals surface area contributed by atoms with Gasteiger partial charge < -0.3 is 5.11 Å². The molecule has 0 saturated carbocycles. The van der Waals surface area contributed by atoms with E-state index < -0.39 is 5.97 Å². The number of hydrogen-bond donors (Lipinski definition) is 1. The van der Waals surface area contributed by atoms with Gasteiger partial charge in [0, 0.05) is 4.83 Å². The van der Waals surface area contributed by atoms with E-state index in [1.54, 1.807) is 0 Å². The number of alkyl halides is 1. The van der Waals surface area contributed by atoms with Crippen LogP contribution in [0, 0.1) is 0 Å². The maximum Gasteiger partial charge on any atom is 0.304 e. The maximum absolute atomic E-state index is 10.6. The third-order valence-electron chi connectivity index (χ3n) is 2.29. The number of hydrogen-bond acceptors (Lipinski definition) is 1. The number of carbonyl (C=O) groups is 1. The molecule has 1 aromatic rings. The lowest BCUT2D eigenvalue weighted by Gasteiger charge is -2.11. The van der Waals surface area contributed by atoms with Crippen molar-refractivity contribution in [1.29, 1.82) is 0 Å². The maximum atomic E-state index is 10.6. The molecule has 0 aliphatic heterocycles. The van der Waals surface area contributed by atoms with Gasteiger partial charge in [0.2, 0.25) is 0 Å². The molecule has 0 amide bonds. The lowest BCUT2D eigenvalue weighted by molar-refractivity contribution is -0.136. The smallest absolute Gasteiger partial charge is 0.304 e. The van der Waals surface area contributed by atoms with Crippen LogP contribution in [0.2, 0.25) is 0 Å². The van der Waals surface area contributed by atoms with Crippen molar-refractivity contribution in [3.05, 3.63) is 35.4 Å². The molecule has 82 valence electrons. The van der Waals surface area contributed by atoms with E-state index in [9.17, 15) is 4.79 Å². The molecule has 15 heavy (non-hydrogen) atoms. The monoisotopic (exact) mass is 270 g/mol. The first-order valence-corrected chi connectivity index (χ1v) is 5.88. The normalized spacial score (nSPS) is 12.8. The molecular formula is C12H15BrO2. The number of rotatable bonds is 4. The van der Waals surface area contributed by atoms with Gasteiger partial charge in [0.15, 0.2) is 0 Å². The highest BCUT2D eigenvalue weighted by molar-refractivity contribution is 9.09. The molecule has 3 heteroatoms. The molecule has 0 fully saturated rings. The van der Waals surface area contributed by atoms with E-state index >= 15 is 0 Å². The Labute approximate surface area is 98.4 Å². The quantitative estimate of drug-likeness (QED) is 0.847. The Morgan fingerprint density at radius 3 is 2.53 bits per heavy atom. The van der Waals surface area contributed by atoms with E-state index in [1.807, 2.05) is 12.1 Å². The molecule has 2 nitrogen and oxygen atoms in total. The minimum atomic E-state index is -0.785. The van der Waals surface area contributed by atoms with Crippen LogP contribution in [-0.2, 0) is 4.79 Å². The summed E-state index contributed by atoms with van der Waals surface area (Å²) in [7, 11) is 0. The van der Waals surface area contributed by atoms with Gasteiger partial charge in [-0.15, -0.1) is 0 Å². The van der Waals surface area contributed by atoms with Crippen LogP contribution in [0.15, 0.2) is 24.3 Å². The number of benzene rings is 1. The zero-order valence-corrected chi connectivity index (χ0v) is 10.5. The summed E-state index contributed by atoms with van der Waals surface area (Å²) < 4.78 is 0. The highest BCUT2D eigenvalue weighted by atomic mass is 79.9. The van der Waals surface area contributed by atoms with Crippen LogP contribution in [0.25, 0.3) is 0 Å². The van der Waals surface area contributed by atoms with Crippen LogP contribution in [0.3, 0.4) is 0 Å². The summed E-state index contributed by atoms with van der Waals surface area (Å²) in [5.74, 6) is -0.318. The molecule has 1 rings (SSSR count). The van der Waals surface area contributed by atoms with Gasteiger partial charge in [-0.1, -0.05) is 54.0 Å². The van der Waals surface area contributed by atoms with Gasteiger partial charge in [-0.25, -0.2) is 0 Å². The van der Waals surface area contributed by atoms with Crippen LogP contribution in [-0.4, -0.2) is 11.1 Å². The number of carboxylic acids is 1. The van der Waals surface area contributed by atoms with E-state index in [2.05, 4.69) is 41.9 Å². The first kappa shape index (κ1) is 12.2. The summed E-state index contributed by atoms with van der Waals surface area (Å²) in [5.41, 5.74) is 2.27.